The van der Waals surface area contributed by atoms with E-state index < -0.39 is 0 Å². The summed E-state index contributed by atoms with van der Waals surface area (Å²) in [5, 5.41) is 7.19. The molecule has 1 unspecified atom stereocenters. The topological polar surface area (TPSA) is 85.7 Å². The zero-order chi connectivity index (χ0) is 21.5. The average molecular weight is 415 g/mol. The van der Waals surface area contributed by atoms with Crippen molar-refractivity contribution in [1.82, 2.24) is 14.7 Å². The molecular weight excluding hydrogens is 384 g/mol. The van der Waals surface area contributed by atoms with Crippen LogP contribution in [0, 0.1) is 5.92 Å². The number of ether oxygens (including phenoxy) is 2. The third kappa shape index (κ3) is 5.11. The van der Waals surface area contributed by atoms with Crippen LogP contribution in [0.5, 0.6) is 11.5 Å². The predicted molar refractivity (Wildman–Crippen MR) is 114 cm³/mol. The van der Waals surface area contributed by atoms with Gasteiger partial charge in [0.1, 0.15) is 5.82 Å². The Bertz CT molecular complexity index is 880. The SMILES string of the molecule is CCCCn1nccc1NC(=O)C1CC(=O)N(CCc2ccc(OC)c(OC)c2)C1. The number of hydrogen-bond donors (Lipinski definition) is 1. The second-order valence-corrected chi connectivity index (χ2v) is 7.46. The smallest absolute Gasteiger partial charge is 0.230 e. The summed E-state index contributed by atoms with van der Waals surface area (Å²) < 4.78 is 12.4. The van der Waals surface area contributed by atoms with Crippen molar-refractivity contribution in [2.45, 2.75) is 39.2 Å². The molecule has 1 N–H and O–H groups in total. The molecule has 2 heterocycles. The number of carbonyl (C=O) groups excluding carboxylic acids is 2. The monoisotopic (exact) mass is 414 g/mol. The number of amides is 2. The van der Waals surface area contributed by atoms with Crippen molar-refractivity contribution in [1.29, 1.82) is 0 Å². The summed E-state index contributed by atoms with van der Waals surface area (Å²) in [5.74, 6) is 1.56. The maximum Gasteiger partial charge on any atom is 0.230 e. The van der Waals surface area contributed by atoms with Crippen LogP contribution in [0.25, 0.3) is 0 Å². The number of nitrogens with one attached hydrogen (secondary N) is 1. The van der Waals surface area contributed by atoms with Gasteiger partial charge in [-0.2, -0.15) is 5.10 Å². The molecule has 1 saturated heterocycles. The fourth-order valence-electron chi connectivity index (χ4n) is 3.62. The number of carbonyl (C=O) groups is 2. The van der Waals surface area contributed by atoms with Gasteiger partial charge < -0.3 is 19.7 Å². The van der Waals surface area contributed by atoms with Crippen LogP contribution >= 0.6 is 0 Å². The quantitative estimate of drug-likeness (QED) is 0.646. The van der Waals surface area contributed by atoms with Crippen molar-refractivity contribution in [2.75, 3.05) is 32.6 Å². The van der Waals surface area contributed by atoms with E-state index >= 15 is 0 Å². The Hall–Kier alpha value is -3.03. The van der Waals surface area contributed by atoms with Gasteiger partial charge in [0.15, 0.2) is 11.5 Å². The highest BCUT2D eigenvalue weighted by molar-refractivity contribution is 5.96. The minimum atomic E-state index is -0.350. The summed E-state index contributed by atoms with van der Waals surface area (Å²) in [7, 11) is 3.20. The second-order valence-electron chi connectivity index (χ2n) is 7.46. The van der Waals surface area contributed by atoms with Crippen molar-refractivity contribution in [2.24, 2.45) is 5.92 Å². The summed E-state index contributed by atoms with van der Waals surface area (Å²) in [6.45, 7) is 3.87. The van der Waals surface area contributed by atoms with Gasteiger partial charge in [-0.25, -0.2) is 4.68 Å². The summed E-state index contributed by atoms with van der Waals surface area (Å²) in [6.07, 6.45) is 4.65. The van der Waals surface area contributed by atoms with Crippen LogP contribution in [0.3, 0.4) is 0 Å². The molecule has 0 saturated carbocycles. The standard InChI is InChI=1S/C22H30N4O4/c1-4-5-11-26-20(8-10-23-26)24-22(28)17-14-21(27)25(15-17)12-9-16-6-7-18(29-2)19(13-16)30-3/h6-8,10,13,17H,4-5,9,11-12,14-15H2,1-3H3,(H,24,28). The van der Waals surface area contributed by atoms with Crippen molar-refractivity contribution in [3.8, 4) is 11.5 Å². The van der Waals surface area contributed by atoms with Gasteiger partial charge in [0.2, 0.25) is 11.8 Å². The number of benzene rings is 1. The maximum absolute atomic E-state index is 12.7. The van der Waals surface area contributed by atoms with Crippen LogP contribution in [-0.4, -0.2) is 53.8 Å². The highest BCUT2D eigenvalue weighted by atomic mass is 16.5. The van der Waals surface area contributed by atoms with Crippen LogP contribution in [-0.2, 0) is 22.6 Å². The van der Waals surface area contributed by atoms with Gasteiger partial charge in [0, 0.05) is 32.1 Å². The van der Waals surface area contributed by atoms with Gasteiger partial charge >= 0.3 is 0 Å². The molecule has 1 aromatic carbocycles. The number of anilines is 1. The molecule has 2 amide bonds. The van der Waals surface area contributed by atoms with E-state index in [1.54, 1.807) is 36.1 Å². The Balaban J connectivity index is 1.55. The van der Waals surface area contributed by atoms with E-state index in [0.717, 1.165) is 24.9 Å². The van der Waals surface area contributed by atoms with Crippen molar-refractivity contribution in [3.63, 3.8) is 0 Å². The number of nitrogens with zero attached hydrogens (tertiary/aromatic N) is 3. The van der Waals surface area contributed by atoms with Gasteiger partial charge in [-0.15, -0.1) is 0 Å². The van der Waals surface area contributed by atoms with Gasteiger partial charge in [0.25, 0.3) is 0 Å². The van der Waals surface area contributed by atoms with E-state index in [9.17, 15) is 9.59 Å². The molecular formula is C22H30N4O4. The summed E-state index contributed by atoms with van der Waals surface area (Å²) in [5.41, 5.74) is 1.05. The van der Waals surface area contributed by atoms with Crippen LogP contribution in [0.1, 0.15) is 31.7 Å². The zero-order valence-electron chi connectivity index (χ0n) is 17.9. The molecule has 1 fully saturated rings. The molecule has 8 nitrogen and oxygen atoms in total. The van der Waals surface area contributed by atoms with Crippen LogP contribution in [0.2, 0.25) is 0 Å². The van der Waals surface area contributed by atoms with E-state index in [4.69, 9.17) is 9.47 Å². The lowest BCUT2D eigenvalue weighted by molar-refractivity contribution is -0.128. The maximum atomic E-state index is 12.7. The van der Waals surface area contributed by atoms with Crippen molar-refractivity contribution in [3.05, 3.63) is 36.0 Å². The van der Waals surface area contributed by atoms with Crippen LogP contribution in [0.4, 0.5) is 5.82 Å². The summed E-state index contributed by atoms with van der Waals surface area (Å²) in [4.78, 5) is 26.9. The molecule has 1 aromatic heterocycles. The van der Waals surface area contributed by atoms with Gasteiger partial charge in [0.05, 0.1) is 26.3 Å². The molecule has 0 aliphatic carbocycles. The molecule has 2 aromatic rings. The first-order valence-corrected chi connectivity index (χ1v) is 10.4. The highest BCUT2D eigenvalue weighted by Crippen LogP contribution is 2.28. The number of aromatic nitrogens is 2. The first kappa shape index (κ1) is 21.7. The molecule has 162 valence electrons. The molecule has 1 aliphatic heterocycles. The predicted octanol–water partition coefficient (Wildman–Crippen LogP) is 2.73. The fourth-order valence-corrected chi connectivity index (χ4v) is 3.62. The Morgan fingerprint density at radius 3 is 2.73 bits per heavy atom. The Morgan fingerprint density at radius 2 is 2.00 bits per heavy atom. The Kier molecular flexibility index (Phi) is 7.32. The largest absolute Gasteiger partial charge is 0.493 e. The van der Waals surface area contributed by atoms with Crippen molar-refractivity contribution >= 4 is 17.6 Å². The highest BCUT2D eigenvalue weighted by Gasteiger charge is 2.34. The van der Waals surface area contributed by atoms with Crippen LogP contribution in [0.15, 0.2) is 30.5 Å². The lowest BCUT2D eigenvalue weighted by Gasteiger charge is -2.17. The number of unbranched alkanes of at least 4 members (excludes halogenated alkanes) is 1. The fraction of sp³-hybridized carbons (Fsp3) is 0.500. The normalized spacial score (nSPS) is 16.0. The van der Waals surface area contributed by atoms with Crippen molar-refractivity contribution < 1.29 is 19.1 Å². The summed E-state index contributed by atoms with van der Waals surface area (Å²) >= 11 is 0. The van der Waals surface area contributed by atoms with Gasteiger partial charge in [-0.3, -0.25) is 9.59 Å². The van der Waals surface area contributed by atoms with Gasteiger partial charge in [-0.1, -0.05) is 19.4 Å². The molecule has 1 aliphatic rings. The first-order chi connectivity index (χ1) is 14.5. The van der Waals surface area contributed by atoms with E-state index in [0.29, 0.717) is 36.8 Å². The first-order valence-electron chi connectivity index (χ1n) is 10.4. The third-order valence-corrected chi connectivity index (χ3v) is 5.39. The zero-order valence-corrected chi connectivity index (χ0v) is 17.9. The molecule has 0 radical (unpaired) electrons. The number of methoxy groups -OCH3 is 2. The van der Waals surface area contributed by atoms with E-state index in [-0.39, 0.29) is 24.2 Å². The molecule has 0 bridgehead atoms. The minimum absolute atomic E-state index is 0.00937. The number of aryl methyl sites for hydroxylation is 1. The number of rotatable bonds is 10. The van der Waals surface area contributed by atoms with Gasteiger partial charge in [-0.05, 0) is 30.5 Å². The van der Waals surface area contributed by atoms with E-state index in [1.165, 1.54) is 0 Å². The molecule has 3 rings (SSSR count). The Labute approximate surface area is 177 Å². The van der Waals surface area contributed by atoms with Crippen LogP contribution < -0.4 is 14.8 Å². The number of likely N-dealkylation sites (tertiary alicyclic amines) is 1. The average Bonchev–Trinajstić information content (AvgIpc) is 3.36. The molecule has 30 heavy (non-hydrogen) atoms. The van der Waals surface area contributed by atoms with E-state index in [1.807, 2.05) is 18.2 Å². The number of hydrogen-bond acceptors (Lipinski definition) is 5. The Morgan fingerprint density at radius 1 is 1.20 bits per heavy atom. The molecule has 0 spiro atoms. The minimum Gasteiger partial charge on any atom is -0.493 e. The lowest BCUT2D eigenvalue weighted by atomic mass is 10.1. The molecule has 8 heteroatoms. The summed E-state index contributed by atoms with van der Waals surface area (Å²) in [6, 6.07) is 7.53. The molecule has 1 atom stereocenters. The second kappa shape index (κ2) is 10.1. The van der Waals surface area contributed by atoms with E-state index in [2.05, 4.69) is 17.3 Å². The lowest BCUT2D eigenvalue weighted by Crippen LogP contribution is -2.30. The third-order valence-electron chi connectivity index (χ3n) is 5.39.